The van der Waals surface area contributed by atoms with Gasteiger partial charge >= 0.3 is 0 Å². The van der Waals surface area contributed by atoms with Gasteiger partial charge in [-0.2, -0.15) is 0 Å². The van der Waals surface area contributed by atoms with Crippen LogP contribution in [0.15, 0.2) is 18.3 Å². The maximum absolute atomic E-state index is 12.2. The van der Waals surface area contributed by atoms with E-state index in [4.69, 9.17) is 4.74 Å². The zero-order valence-electron chi connectivity index (χ0n) is 11.8. The van der Waals surface area contributed by atoms with Crippen molar-refractivity contribution in [1.29, 1.82) is 0 Å². The van der Waals surface area contributed by atoms with E-state index in [0.29, 0.717) is 24.8 Å². The van der Waals surface area contributed by atoms with Crippen LogP contribution in [-0.4, -0.2) is 29.9 Å². The second-order valence-electron chi connectivity index (χ2n) is 5.28. The number of pyridine rings is 1. The van der Waals surface area contributed by atoms with Gasteiger partial charge in [-0.05, 0) is 24.8 Å². The minimum absolute atomic E-state index is 0.220. The van der Waals surface area contributed by atoms with Gasteiger partial charge < -0.3 is 9.64 Å². The van der Waals surface area contributed by atoms with Crippen molar-refractivity contribution in [1.82, 2.24) is 9.88 Å². The van der Waals surface area contributed by atoms with Gasteiger partial charge in [0.2, 0.25) is 11.8 Å². The summed E-state index contributed by atoms with van der Waals surface area (Å²) in [5, 5.41) is 0. The number of hydrogen-bond donors (Lipinski definition) is 0. The van der Waals surface area contributed by atoms with Crippen LogP contribution in [0.4, 0.5) is 0 Å². The van der Waals surface area contributed by atoms with Crippen LogP contribution in [0.5, 0.6) is 5.88 Å². The Morgan fingerprint density at radius 2 is 2.21 bits per heavy atom. The number of methoxy groups -OCH3 is 1. The van der Waals surface area contributed by atoms with Gasteiger partial charge in [-0.3, -0.25) is 4.79 Å². The number of rotatable bonds is 5. The molecule has 2 rings (SSSR count). The number of aromatic nitrogens is 1. The number of hydrogen-bond acceptors (Lipinski definition) is 3. The molecule has 1 saturated carbocycles. The summed E-state index contributed by atoms with van der Waals surface area (Å²) in [4.78, 5) is 18.1. The molecule has 0 bridgehead atoms. The standard InChI is InChI=1S/C15H22N2O2/c1-17(14(18)10-12-6-3-4-7-12)11-13-8-5-9-16-15(13)19-2/h5,8-9,12H,3-4,6-7,10-11H2,1-2H3. The molecule has 1 aromatic heterocycles. The Morgan fingerprint density at radius 1 is 1.47 bits per heavy atom. The molecule has 19 heavy (non-hydrogen) atoms. The smallest absolute Gasteiger partial charge is 0.222 e. The second kappa shape index (κ2) is 6.55. The van der Waals surface area contributed by atoms with Crippen LogP contribution >= 0.6 is 0 Å². The van der Waals surface area contributed by atoms with Gasteiger partial charge in [-0.15, -0.1) is 0 Å². The summed E-state index contributed by atoms with van der Waals surface area (Å²) in [5.41, 5.74) is 0.951. The first-order valence-corrected chi connectivity index (χ1v) is 6.92. The van der Waals surface area contributed by atoms with E-state index in [9.17, 15) is 4.79 Å². The molecule has 104 valence electrons. The summed E-state index contributed by atoms with van der Waals surface area (Å²) in [6.07, 6.45) is 7.34. The van der Waals surface area contributed by atoms with Gasteiger partial charge in [0.25, 0.3) is 0 Å². The van der Waals surface area contributed by atoms with E-state index in [1.807, 2.05) is 19.2 Å². The zero-order chi connectivity index (χ0) is 13.7. The van der Waals surface area contributed by atoms with Gasteiger partial charge in [0.15, 0.2) is 0 Å². The summed E-state index contributed by atoms with van der Waals surface area (Å²) >= 11 is 0. The van der Waals surface area contributed by atoms with Crippen molar-refractivity contribution >= 4 is 5.91 Å². The lowest BCUT2D eigenvalue weighted by molar-refractivity contribution is -0.131. The first kappa shape index (κ1) is 13.8. The van der Waals surface area contributed by atoms with Crippen LogP contribution < -0.4 is 4.74 Å². The fourth-order valence-electron chi connectivity index (χ4n) is 2.69. The third-order valence-corrected chi connectivity index (χ3v) is 3.81. The fourth-order valence-corrected chi connectivity index (χ4v) is 2.69. The molecule has 1 fully saturated rings. The topological polar surface area (TPSA) is 42.4 Å². The first-order valence-electron chi connectivity index (χ1n) is 6.92. The predicted molar refractivity (Wildman–Crippen MR) is 73.8 cm³/mol. The summed E-state index contributed by atoms with van der Waals surface area (Å²) < 4.78 is 5.21. The van der Waals surface area contributed by atoms with Crippen LogP contribution in [0, 0.1) is 5.92 Å². The molecular weight excluding hydrogens is 240 g/mol. The molecule has 1 heterocycles. The largest absolute Gasteiger partial charge is 0.481 e. The molecule has 0 radical (unpaired) electrons. The van der Waals surface area contributed by atoms with Gasteiger partial charge in [-0.25, -0.2) is 4.98 Å². The van der Waals surface area contributed by atoms with Gasteiger partial charge in [-0.1, -0.05) is 18.9 Å². The molecule has 1 aliphatic rings. The van der Waals surface area contributed by atoms with Crippen molar-refractivity contribution in [3.8, 4) is 5.88 Å². The molecule has 4 nitrogen and oxygen atoms in total. The fraction of sp³-hybridized carbons (Fsp3) is 0.600. The summed E-state index contributed by atoms with van der Waals surface area (Å²) in [7, 11) is 3.45. The van der Waals surface area contributed by atoms with Crippen LogP contribution in [0.25, 0.3) is 0 Å². The maximum atomic E-state index is 12.2. The average molecular weight is 262 g/mol. The van der Waals surface area contributed by atoms with Crippen LogP contribution in [-0.2, 0) is 11.3 Å². The average Bonchev–Trinajstić information content (AvgIpc) is 2.92. The molecule has 0 spiro atoms. The van der Waals surface area contributed by atoms with Crippen molar-refractivity contribution in [2.45, 2.75) is 38.6 Å². The highest BCUT2D eigenvalue weighted by atomic mass is 16.5. The summed E-state index contributed by atoms with van der Waals surface area (Å²) in [6.45, 7) is 0.558. The third-order valence-electron chi connectivity index (χ3n) is 3.81. The summed E-state index contributed by atoms with van der Waals surface area (Å²) in [6, 6.07) is 3.82. The quantitative estimate of drug-likeness (QED) is 0.819. The van der Waals surface area contributed by atoms with Crippen molar-refractivity contribution < 1.29 is 9.53 Å². The Morgan fingerprint density at radius 3 is 2.89 bits per heavy atom. The molecule has 4 heteroatoms. The lowest BCUT2D eigenvalue weighted by Gasteiger charge is -2.20. The molecule has 0 aromatic carbocycles. The Kier molecular flexibility index (Phi) is 4.77. The van der Waals surface area contributed by atoms with Gasteiger partial charge in [0.1, 0.15) is 0 Å². The maximum Gasteiger partial charge on any atom is 0.222 e. The zero-order valence-corrected chi connectivity index (χ0v) is 11.8. The highest BCUT2D eigenvalue weighted by molar-refractivity contribution is 5.76. The number of nitrogens with zero attached hydrogens (tertiary/aromatic N) is 2. The summed E-state index contributed by atoms with van der Waals surface area (Å²) in [5.74, 6) is 1.41. The highest BCUT2D eigenvalue weighted by Gasteiger charge is 2.21. The molecular formula is C15H22N2O2. The highest BCUT2D eigenvalue weighted by Crippen LogP contribution is 2.28. The van der Waals surface area contributed by atoms with Crippen LogP contribution in [0.2, 0.25) is 0 Å². The third kappa shape index (κ3) is 3.69. The Bertz CT molecular complexity index is 428. The molecule has 0 atom stereocenters. The second-order valence-corrected chi connectivity index (χ2v) is 5.28. The van der Waals surface area contributed by atoms with E-state index in [0.717, 1.165) is 5.56 Å². The van der Waals surface area contributed by atoms with Crippen molar-refractivity contribution in [2.75, 3.05) is 14.2 Å². The monoisotopic (exact) mass is 262 g/mol. The minimum Gasteiger partial charge on any atom is -0.481 e. The number of amides is 1. The minimum atomic E-state index is 0.220. The van der Waals surface area contributed by atoms with E-state index < -0.39 is 0 Å². The Labute approximate surface area is 114 Å². The van der Waals surface area contributed by atoms with Crippen LogP contribution in [0.1, 0.15) is 37.7 Å². The van der Waals surface area contributed by atoms with Gasteiger partial charge in [0, 0.05) is 25.2 Å². The van der Waals surface area contributed by atoms with Gasteiger partial charge in [0.05, 0.1) is 13.7 Å². The molecule has 1 aliphatic carbocycles. The molecule has 1 amide bonds. The molecule has 1 aromatic rings. The van der Waals surface area contributed by atoms with Crippen molar-refractivity contribution in [3.05, 3.63) is 23.9 Å². The molecule has 0 aliphatic heterocycles. The number of carbonyl (C=O) groups excluding carboxylic acids is 1. The number of ether oxygens (including phenoxy) is 1. The van der Waals surface area contributed by atoms with Crippen molar-refractivity contribution in [3.63, 3.8) is 0 Å². The van der Waals surface area contributed by atoms with E-state index in [1.165, 1.54) is 25.7 Å². The van der Waals surface area contributed by atoms with E-state index in [2.05, 4.69) is 4.98 Å². The van der Waals surface area contributed by atoms with E-state index in [-0.39, 0.29) is 5.91 Å². The van der Waals surface area contributed by atoms with Crippen molar-refractivity contribution in [2.24, 2.45) is 5.92 Å². The number of carbonyl (C=O) groups is 1. The van der Waals surface area contributed by atoms with Crippen LogP contribution in [0.3, 0.4) is 0 Å². The molecule has 0 saturated heterocycles. The SMILES string of the molecule is COc1ncccc1CN(C)C(=O)CC1CCCC1. The Hall–Kier alpha value is -1.58. The molecule has 0 unspecified atom stereocenters. The predicted octanol–water partition coefficient (Wildman–Crippen LogP) is 2.63. The molecule has 0 N–H and O–H groups in total. The normalized spacial score (nSPS) is 15.5. The first-order chi connectivity index (χ1) is 9.20. The lowest BCUT2D eigenvalue weighted by atomic mass is 10.0. The Balaban J connectivity index is 1.92. The van der Waals surface area contributed by atoms with E-state index >= 15 is 0 Å². The lowest BCUT2D eigenvalue weighted by Crippen LogP contribution is -2.27. The van der Waals surface area contributed by atoms with E-state index in [1.54, 1.807) is 18.2 Å².